The number of carbonyl (C=O) groups excluding carboxylic acids is 3. The summed E-state index contributed by atoms with van der Waals surface area (Å²) in [5, 5.41) is 14.2. The molecule has 0 aliphatic carbocycles. The van der Waals surface area contributed by atoms with Crippen molar-refractivity contribution in [1.29, 1.82) is 0 Å². The molecule has 29 heavy (non-hydrogen) atoms. The number of hydrogen-bond donors (Lipinski definition) is 3. The Labute approximate surface area is 165 Å². The molecule has 0 spiro atoms. The molecule has 0 saturated carbocycles. The number of hydrogen-bond acceptors (Lipinski definition) is 4. The number of nitrogens with zero attached hydrogens (tertiary/aromatic N) is 1. The minimum absolute atomic E-state index is 0.349. The Balaban J connectivity index is 1.75. The molecule has 2 atom stereocenters. The van der Waals surface area contributed by atoms with Crippen LogP contribution >= 0.6 is 0 Å². The molecule has 1 aliphatic heterocycles. The van der Waals surface area contributed by atoms with Crippen molar-refractivity contribution in [3.05, 3.63) is 71.5 Å². The Bertz CT molecular complexity index is 964. The lowest BCUT2D eigenvalue weighted by atomic mass is 9.92. The summed E-state index contributed by atoms with van der Waals surface area (Å²) in [6.07, 6.45) is 0. The van der Waals surface area contributed by atoms with Gasteiger partial charge in [-0.1, -0.05) is 42.5 Å². The van der Waals surface area contributed by atoms with Crippen molar-refractivity contribution in [2.75, 3.05) is 6.54 Å². The largest absolute Gasteiger partial charge is 0.479 e. The van der Waals surface area contributed by atoms with Crippen LogP contribution in [0.5, 0.6) is 0 Å². The fourth-order valence-electron chi connectivity index (χ4n) is 3.10. The molecule has 1 fully saturated rings. The zero-order valence-electron chi connectivity index (χ0n) is 15.4. The Morgan fingerprint density at radius 3 is 2.34 bits per heavy atom. The lowest BCUT2D eigenvalue weighted by Gasteiger charge is -2.22. The first kappa shape index (κ1) is 20.0. The predicted molar refractivity (Wildman–Crippen MR) is 99.0 cm³/mol. The molecule has 2 aromatic carbocycles. The molecule has 0 aromatic heterocycles. The number of rotatable bonds is 6. The standard InChI is InChI=1S/C20H18FN3O5/c1-20(13-7-9-14(21)10-8-13)18(28)24(19(29)23-20)11-15(25)22-16(17(26)27)12-5-3-2-4-6-12/h2-10,16H,11H2,1H3,(H,22,25)(H,23,29)(H,26,27)/t16-,20-/m0/s1. The van der Waals surface area contributed by atoms with Gasteiger partial charge in [0.1, 0.15) is 17.9 Å². The molecule has 0 bridgehead atoms. The lowest BCUT2D eigenvalue weighted by Crippen LogP contribution is -2.44. The number of aliphatic carboxylic acids is 1. The number of carboxylic acids is 1. The van der Waals surface area contributed by atoms with Crippen molar-refractivity contribution in [3.8, 4) is 0 Å². The van der Waals surface area contributed by atoms with Gasteiger partial charge in [-0.3, -0.25) is 14.5 Å². The van der Waals surface area contributed by atoms with Crippen molar-refractivity contribution in [1.82, 2.24) is 15.5 Å². The van der Waals surface area contributed by atoms with E-state index in [1.165, 1.54) is 19.1 Å². The third-order valence-corrected chi connectivity index (χ3v) is 4.68. The van der Waals surface area contributed by atoms with Crippen molar-refractivity contribution in [2.45, 2.75) is 18.5 Å². The molecule has 1 aliphatic rings. The molecule has 0 unspecified atom stereocenters. The summed E-state index contributed by atoms with van der Waals surface area (Å²) in [5.74, 6) is -3.28. The average Bonchev–Trinajstić information content (AvgIpc) is 2.91. The number of halogens is 1. The number of imide groups is 1. The Hall–Kier alpha value is -3.75. The second-order valence-corrected chi connectivity index (χ2v) is 6.70. The number of carboxylic acid groups (broad SMARTS) is 1. The molecular weight excluding hydrogens is 381 g/mol. The van der Waals surface area contributed by atoms with Gasteiger partial charge in [0.15, 0.2) is 6.04 Å². The number of amides is 4. The van der Waals surface area contributed by atoms with Crippen LogP contribution in [0, 0.1) is 5.82 Å². The summed E-state index contributed by atoms with van der Waals surface area (Å²) in [6, 6.07) is 11.0. The highest BCUT2D eigenvalue weighted by molar-refractivity contribution is 6.09. The van der Waals surface area contributed by atoms with Crippen LogP contribution in [-0.4, -0.2) is 40.4 Å². The predicted octanol–water partition coefficient (Wildman–Crippen LogP) is 1.53. The molecule has 0 radical (unpaired) electrons. The van der Waals surface area contributed by atoms with Gasteiger partial charge in [0.2, 0.25) is 5.91 Å². The Morgan fingerprint density at radius 2 is 1.76 bits per heavy atom. The Kier molecular flexibility index (Phi) is 5.31. The molecule has 1 heterocycles. The van der Waals surface area contributed by atoms with Crippen molar-refractivity contribution >= 4 is 23.8 Å². The van der Waals surface area contributed by atoms with Gasteiger partial charge in [0, 0.05) is 0 Å². The zero-order chi connectivity index (χ0) is 21.2. The van der Waals surface area contributed by atoms with Gasteiger partial charge in [-0.15, -0.1) is 0 Å². The highest BCUT2D eigenvalue weighted by Crippen LogP contribution is 2.28. The number of nitrogens with one attached hydrogen (secondary N) is 2. The summed E-state index contributed by atoms with van der Waals surface area (Å²) in [4.78, 5) is 49.7. The first-order valence-electron chi connectivity index (χ1n) is 8.69. The van der Waals surface area contributed by atoms with Gasteiger partial charge in [0.25, 0.3) is 5.91 Å². The highest BCUT2D eigenvalue weighted by atomic mass is 19.1. The van der Waals surface area contributed by atoms with Crippen molar-refractivity contribution < 1.29 is 28.7 Å². The molecule has 8 nitrogen and oxygen atoms in total. The molecule has 3 rings (SSSR count). The van der Waals surface area contributed by atoms with Crippen LogP contribution in [0.4, 0.5) is 9.18 Å². The molecule has 150 valence electrons. The summed E-state index contributed by atoms with van der Waals surface area (Å²) in [6.45, 7) is 0.792. The third kappa shape index (κ3) is 3.93. The highest BCUT2D eigenvalue weighted by Gasteiger charge is 2.49. The van der Waals surface area contributed by atoms with Crippen molar-refractivity contribution in [2.24, 2.45) is 0 Å². The second-order valence-electron chi connectivity index (χ2n) is 6.70. The first-order valence-corrected chi connectivity index (χ1v) is 8.69. The molecular formula is C20H18FN3O5. The maximum Gasteiger partial charge on any atom is 0.330 e. The van der Waals surface area contributed by atoms with E-state index in [0.717, 1.165) is 12.1 Å². The van der Waals surface area contributed by atoms with Gasteiger partial charge >= 0.3 is 12.0 Å². The molecule has 2 aromatic rings. The fraction of sp³-hybridized carbons (Fsp3) is 0.200. The maximum absolute atomic E-state index is 13.2. The van der Waals surface area contributed by atoms with E-state index in [-0.39, 0.29) is 0 Å². The van der Waals surface area contributed by atoms with Gasteiger partial charge in [-0.25, -0.2) is 14.0 Å². The van der Waals surface area contributed by atoms with Gasteiger partial charge in [0.05, 0.1) is 0 Å². The minimum Gasteiger partial charge on any atom is -0.479 e. The molecule has 1 saturated heterocycles. The van der Waals surface area contributed by atoms with E-state index < -0.39 is 47.8 Å². The lowest BCUT2D eigenvalue weighted by molar-refractivity contribution is -0.142. The van der Waals surface area contributed by atoms with Crippen LogP contribution in [0.15, 0.2) is 54.6 Å². The average molecular weight is 399 g/mol. The molecule has 3 N–H and O–H groups in total. The van der Waals surface area contributed by atoms with Crippen LogP contribution in [0.1, 0.15) is 24.1 Å². The van der Waals surface area contributed by atoms with Crippen LogP contribution in [0.2, 0.25) is 0 Å². The summed E-state index contributed by atoms with van der Waals surface area (Å²) in [7, 11) is 0. The maximum atomic E-state index is 13.2. The number of benzene rings is 2. The van der Waals surface area contributed by atoms with E-state index in [2.05, 4.69) is 10.6 Å². The van der Waals surface area contributed by atoms with Crippen molar-refractivity contribution in [3.63, 3.8) is 0 Å². The zero-order valence-corrected chi connectivity index (χ0v) is 15.4. The smallest absolute Gasteiger partial charge is 0.330 e. The second kappa shape index (κ2) is 7.70. The van der Waals surface area contributed by atoms with Crippen LogP contribution in [0.25, 0.3) is 0 Å². The Morgan fingerprint density at radius 1 is 1.14 bits per heavy atom. The monoisotopic (exact) mass is 399 g/mol. The third-order valence-electron chi connectivity index (χ3n) is 4.68. The topological polar surface area (TPSA) is 116 Å². The van der Waals surface area contributed by atoms with E-state index in [4.69, 9.17) is 0 Å². The SMILES string of the molecule is C[C@@]1(c2ccc(F)cc2)NC(=O)N(CC(=O)N[C@H](C(=O)O)c2ccccc2)C1=O. The van der Waals surface area contributed by atoms with E-state index in [1.807, 2.05) is 0 Å². The van der Waals surface area contributed by atoms with E-state index in [1.54, 1.807) is 30.3 Å². The molecule has 4 amide bonds. The summed E-state index contributed by atoms with van der Waals surface area (Å²) < 4.78 is 13.2. The van der Waals surface area contributed by atoms with Crippen LogP contribution < -0.4 is 10.6 Å². The van der Waals surface area contributed by atoms with Gasteiger partial charge < -0.3 is 15.7 Å². The van der Waals surface area contributed by atoms with Gasteiger partial charge in [-0.2, -0.15) is 0 Å². The molecule has 9 heteroatoms. The van der Waals surface area contributed by atoms with Crippen LogP contribution in [0.3, 0.4) is 0 Å². The number of urea groups is 1. The quantitative estimate of drug-likeness (QED) is 0.637. The number of carbonyl (C=O) groups is 4. The summed E-state index contributed by atoms with van der Waals surface area (Å²) in [5.41, 5.74) is -0.758. The minimum atomic E-state index is -1.46. The van der Waals surface area contributed by atoms with E-state index in [0.29, 0.717) is 16.0 Å². The van der Waals surface area contributed by atoms with E-state index in [9.17, 15) is 28.7 Å². The first-order chi connectivity index (χ1) is 13.7. The summed E-state index contributed by atoms with van der Waals surface area (Å²) >= 11 is 0. The van der Waals surface area contributed by atoms with Gasteiger partial charge in [-0.05, 0) is 30.2 Å². The van der Waals surface area contributed by atoms with E-state index >= 15 is 0 Å². The normalized spacial score (nSPS) is 19.6. The fourth-order valence-corrected chi connectivity index (χ4v) is 3.10. The van der Waals surface area contributed by atoms with Crippen LogP contribution in [-0.2, 0) is 19.9 Å².